The van der Waals surface area contributed by atoms with Crippen LogP contribution >= 0.6 is 23.2 Å². The zero-order valence-electron chi connectivity index (χ0n) is 11.2. The second-order valence-corrected chi connectivity index (χ2v) is 6.99. The van der Waals surface area contributed by atoms with Crippen LogP contribution in [0.2, 0.25) is 10.0 Å². The van der Waals surface area contributed by atoms with Crippen molar-refractivity contribution in [2.45, 2.75) is 11.4 Å². The van der Waals surface area contributed by atoms with Gasteiger partial charge >= 0.3 is 0 Å². The van der Waals surface area contributed by atoms with E-state index in [-0.39, 0.29) is 27.2 Å². The Balaban J connectivity index is 2.23. The monoisotopic (exact) mass is 355 g/mol. The van der Waals surface area contributed by atoms with E-state index >= 15 is 0 Å². The van der Waals surface area contributed by atoms with Crippen molar-refractivity contribution in [1.29, 1.82) is 5.26 Å². The van der Waals surface area contributed by atoms with E-state index in [4.69, 9.17) is 34.2 Å². The molecule has 0 heterocycles. The maximum atomic E-state index is 12.3. The number of nitrogens with one attached hydrogen (secondary N) is 1. The lowest BCUT2D eigenvalue weighted by Crippen LogP contribution is -2.24. The summed E-state index contributed by atoms with van der Waals surface area (Å²) in [7, 11) is -3.88. The van der Waals surface area contributed by atoms with Crippen LogP contribution in [0, 0.1) is 11.3 Å². The molecule has 0 unspecified atom stereocenters. The Hall–Kier alpha value is -1.78. The third-order valence-electron chi connectivity index (χ3n) is 2.86. The van der Waals surface area contributed by atoms with Gasteiger partial charge in [0.25, 0.3) is 0 Å². The Bertz CT molecular complexity index is 820. The number of nitrogens with two attached hydrogens (primary N) is 1. The van der Waals surface area contributed by atoms with Crippen molar-refractivity contribution in [1.82, 2.24) is 4.72 Å². The first-order valence-electron chi connectivity index (χ1n) is 6.07. The first-order chi connectivity index (χ1) is 10.3. The maximum Gasteiger partial charge on any atom is 0.244 e. The van der Waals surface area contributed by atoms with Gasteiger partial charge in [-0.05, 0) is 29.8 Å². The molecule has 8 heteroatoms. The molecule has 0 aliphatic carbocycles. The van der Waals surface area contributed by atoms with Gasteiger partial charge in [-0.2, -0.15) is 5.26 Å². The van der Waals surface area contributed by atoms with Crippen LogP contribution in [0.25, 0.3) is 0 Å². The summed E-state index contributed by atoms with van der Waals surface area (Å²) in [5.41, 5.74) is 6.86. The molecule has 0 fully saturated rings. The van der Waals surface area contributed by atoms with E-state index in [1.807, 2.05) is 6.07 Å². The average molecular weight is 356 g/mol. The number of benzene rings is 2. The molecule has 0 amide bonds. The Kier molecular flexibility index (Phi) is 4.94. The topological polar surface area (TPSA) is 96.0 Å². The fraction of sp³-hybridized carbons (Fsp3) is 0.0714. The summed E-state index contributed by atoms with van der Waals surface area (Å²) in [5.74, 6) is 0. The minimum Gasteiger partial charge on any atom is -0.398 e. The van der Waals surface area contributed by atoms with Crippen molar-refractivity contribution in [2.24, 2.45) is 0 Å². The molecule has 0 saturated heterocycles. The molecule has 22 heavy (non-hydrogen) atoms. The van der Waals surface area contributed by atoms with E-state index in [1.54, 1.807) is 24.3 Å². The third-order valence-corrected chi connectivity index (χ3v) is 5.00. The number of rotatable bonds is 4. The second kappa shape index (κ2) is 6.55. The number of nitrogens with zero attached hydrogens (tertiary/aromatic N) is 1. The zero-order chi connectivity index (χ0) is 16.3. The van der Waals surface area contributed by atoms with Crippen molar-refractivity contribution in [3.8, 4) is 6.07 Å². The molecule has 0 atom stereocenters. The van der Waals surface area contributed by atoms with Crippen molar-refractivity contribution in [2.75, 3.05) is 5.73 Å². The normalized spacial score (nSPS) is 11.1. The van der Waals surface area contributed by atoms with Crippen LogP contribution < -0.4 is 10.5 Å². The molecule has 2 aromatic carbocycles. The lowest BCUT2D eigenvalue weighted by molar-refractivity contribution is 0.582. The van der Waals surface area contributed by atoms with Crippen LogP contribution in [-0.2, 0) is 16.6 Å². The molecule has 2 aromatic rings. The zero-order valence-corrected chi connectivity index (χ0v) is 13.5. The van der Waals surface area contributed by atoms with Crippen LogP contribution in [0.5, 0.6) is 0 Å². The Morgan fingerprint density at radius 3 is 2.36 bits per heavy atom. The summed E-state index contributed by atoms with van der Waals surface area (Å²) in [4.78, 5) is -0.202. The standard InChI is InChI=1S/C14H11Cl2N3O2S/c15-11-5-12(16)14(13(18)6-11)22(20,21)19-8-10-3-1-9(7-17)2-4-10/h1-6,19H,8,18H2. The summed E-state index contributed by atoms with van der Waals surface area (Å²) in [6.07, 6.45) is 0. The summed E-state index contributed by atoms with van der Waals surface area (Å²) in [5, 5.41) is 8.93. The van der Waals surface area contributed by atoms with Gasteiger partial charge in [0.2, 0.25) is 10.0 Å². The van der Waals surface area contributed by atoms with Gasteiger partial charge in [-0.3, -0.25) is 0 Å². The molecular formula is C14H11Cl2N3O2S. The molecule has 5 nitrogen and oxygen atoms in total. The van der Waals surface area contributed by atoms with E-state index in [0.717, 1.165) is 0 Å². The van der Waals surface area contributed by atoms with Gasteiger partial charge in [0.05, 0.1) is 22.3 Å². The molecule has 114 valence electrons. The van der Waals surface area contributed by atoms with Gasteiger partial charge in [0.15, 0.2) is 0 Å². The fourth-order valence-electron chi connectivity index (χ4n) is 1.81. The molecule has 3 N–H and O–H groups in total. The number of hydrogen-bond acceptors (Lipinski definition) is 4. The van der Waals surface area contributed by atoms with Gasteiger partial charge < -0.3 is 5.73 Å². The van der Waals surface area contributed by atoms with Gasteiger partial charge in [-0.15, -0.1) is 0 Å². The van der Waals surface area contributed by atoms with Gasteiger partial charge in [-0.25, -0.2) is 13.1 Å². The maximum absolute atomic E-state index is 12.3. The lowest BCUT2D eigenvalue weighted by Gasteiger charge is -2.11. The number of sulfonamides is 1. The van der Waals surface area contributed by atoms with Crippen molar-refractivity contribution in [3.05, 3.63) is 57.6 Å². The minimum absolute atomic E-state index is 0.0233. The Morgan fingerprint density at radius 2 is 1.82 bits per heavy atom. The highest BCUT2D eigenvalue weighted by atomic mass is 35.5. The van der Waals surface area contributed by atoms with E-state index < -0.39 is 10.0 Å². The molecular weight excluding hydrogens is 345 g/mol. The molecule has 0 radical (unpaired) electrons. The summed E-state index contributed by atoms with van der Waals surface area (Å²) in [6.45, 7) is 0.0481. The summed E-state index contributed by atoms with van der Waals surface area (Å²) >= 11 is 11.7. The Morgan fingerprint density at radius 1 is 1.18 bits per heavy atom. The van der Waals surface area contributed by atoms with Crippen molar-refractivity contribution < 1.29 is 8.42 Å². The van der Waals surface area contributed by atoms with Crippen molar-refractivity contribution >= 4 is 38.9 Å². The highest BCUT2D eigenvalue weighted by Gasteiger charge is 2.21. The second-order valence-electron chi connectivity index (χ2n) is 4.44. The smallest absolute Gasteiger partial charge is 0.244 e. The summed E-state index contributed by atoms with van der Waals surface area (Å²) < 4.78 is 27.0. The molecule has 2 rings (SSSR count). The quantitative estimate of drug-likeness (QED) is 0.824. The van der Waals surface area contributed by atoms with Crippen molar-refractivity contribution in [3.63, 3.8) is 0 Å². The number of nitriles is 1. The predicted molar refractivity (Wildman–Crippen MR) is 86.1 cm³/mol. The molecule has 0 aliphatic heterocycles. The van der Waals surface area contributed by atoms with Crippen LogP contribution in [0.1, 0.15) is 11.1 Å². The van der Waals surface area contributed by atoms with E-state index in [9.17, 15) is 8.42 Å². The van der Waals surface area contributed by atoms with E-state index in [2.05, 4.69) is 4.72 Å². The summed E-state index contributed by atoms with van der Waals surface area (Å²) in [6, 6.07) is 11.2. The van der Waals surface area contributed by atoms with Crippen LogP contribution in [0.3, 0.4) is 0 Å². The van der Waals surface area contributed by atoms with Crippen LogP contribution in [0.15, 0.2) is 41.3 Å². The fourth-order valence-corrected chi connectivity index (χ4v) is 3.81. The molecule has 0 aliphatic rings. The first-order valence-corrected chi connectivity index (χ1v) is 8.30. The third kappa shape index (κ3) is 3.70. The molecule has 0 bridgehead atoms. The largest absolute Gasteiger partial charge is 0.398 e. The number of halogens is 2. The first kappa shape index (κ1) is 16.6. The Labute approximate surface area is 138 Å². The van der Waals surface area contributed by atoms with Crippen LogP contribution in [0.4, 0.5) is 5.69 Å². The molecule has 0 aromatic heterocycles. The molecule has 0 saturated carbocycles. The lowest BCUT2D eigenvalue weighted by atomic mass is 10.1. The SMILES string of the molecule is N#Cc1ccc(CNS(=O)(=O)c2c(N)cc(Cl)cc2Cl)cc1. The predicted octanol–water partition coefficient (Wildman–Crippen LogP) is 2.93. The van der Waals surface area contributed by atoms with Gasteiger partial charge in [0, 0.05) is 11.6 Å². The highest BCUT2D eigenvalue weighted by Crippen LogP contribution is 2.31. The molecule has 0 spiro atoms. The van der Waals surface area contributed by atoms with Crippen LogP contribution in [-0.4, -0.2) is 8.42 Å². The number of anilines is 1. The highest BCUT2D eigenvalue weighted by molar-refractivity contribution is 7.89. The van der Waals surface area contributed by atoms with E-state index in [0.29, 0.717) is 11.1 Å². The van der Waals surface area contributed by atoms with E-state index in [1.165, 1.54) is 12.1 Å². The van der Waals surface area contributed by atoms with Gasteiger partial charge in [0.1, 0.15) is 4.90 Å². The minimum atomic E-state index is -3.88. The number of hydrogen-bond donors (Lipinski definition) is 2. The van der Waals surface area contributed by atoms with Gasteiger partial charge in [-0.1, -0.05) is 35.3 Å². The average Bonchev–Trinajstić information content (AvgIpc) is 2.44. The number of nitrogen functional groups attached to an aromatic ring is 1.